The lowest BCUT2D eigenvalue weighted by molar-refractivity contribution is -0.385. The van der Waals surface area contributed by atoms with E-state index >= 15 is 0 Å². The number of hydrogen-bond donors (Lipinski definition) is 0. The third-order valence-corrected chi connectivity index (χ3v) is 7.19. The van der Waals surface area contributed by atoms with Gasteiger partial charge in [-0.1, -0.05) is 53.5 Å². The van der Waals surface area contributed by atoms with Gasteiger partial charge in [0.2, 0.25) is 5.91 Å². The highest BCUT2D eigenvalue weighted by molar-refractivity contribution is 6.42. The molecule has 33 heavy (non-hydrogen) atoms. The van der Waals surface area contributed by atoms with E-state index in [0.29, 0.717) is 12.1 Å². The van der Waals surface area contributed by atoms with Crippen molar-refractivity contribution in [2.45, 2.75) is 31.8 Å². The minimum atomic E-state index is -0.510. The zero-order valence-corrected chi connectivity index (χ0v) is 20.0. The summed E-state index contributed by atoms with van der Waals surface area (Å²) >= 11 is 12.1. The van der Waals surface area contributed by atoms with E-state index in [9.17, 15) is 14.9 Å². The van der Waals surface area contributed by atoms with Crippen LogP contribution in [0.5, 0.6) is 0 Å². The molecule has 0 aromatic heterocycles. The number of nitrogens with zero attached hydrogens (tertiary/aromatic N) is 4. The van der Waals surface area contributed by atoms with Gasteiger partial charge < -0.3 is 9.80 Å². The maximum Gasteiger partial charge on any atom is 0.274 e. The first kappa shape index (κ1) is 24.0. The topological polar surface area (TPSA) is 69.9 Å². The number of nitro groups is 1. The minimum absolute atomic E-state index is 0.0369. The molecular formula is C24H28Cl2N4O3. The fraction of sp³-hybridized carbons (Fsp3) is 0.458. The second kappa shape index (κ2) is 10.8. The van der Waals surface area contributed by atoms with E-state index in [-0.39, 0.29) is 34.1 Å². The normalized spacial score (nSPS) is 19.7. The van der Waals surface area contributed by atoms with Crippen molar-refractivity contribution in [3.05, 3.63) is 73.8 Å². The van der Waals surface area contributed by atoms with Gasteiger partial charge in [0.15, 0.2) is 0 Å². The Bertz CT molecular complexity index is 999. The summed E-state index contributed by atoms with van der Waals surface area (Å²) in [5, 5.41) is 11.8. The summed E-state index contributed by atoms with van der Waals surface area (Å²) < 4.78 is 0. The van der Waals surface area contributed by atoms with Gasteiger partial charge in [-0.2, -0.15) is 0 Å². The van der Waals surface area contributed by atoms with Crippen LogP contribution in [0.25, 0.3) is 0 Å². The summed E-state index contributed by atoms with van der Waals surface area (Å²) in [6.07, 6.45) is 2.30. The molecule has 2 aliphatic rings. The first-order valence-corrected chi connectivity index (χ1v) is 12.1. The Morgan fingerprint density at radius 3 is 2.39 bits per heavy atom. The zero-order valence-electron chi connectivity index (χ0n) is 18.5. The van der Waals surface area contributed by atoms with Crippen molar-refractivity contribution in [1.82, 2.24) is 14.7 Å². The highest BCUT2D eigenvalue weighted by Gasteiger charge is 2.33. The number of rotatable bonds is 7. The number of carbonyl (C=O) groups excluding carboxylic acids is 1. The lowest BCUT2D eigenvalue weighted by atomic mass is 10.1. The number of hydrogen-bond acceptors (Lipinski definition) is 5. The number of piperazine rings is 1. The van der Waals surface area contributed by atoms with Crippen LogP contribution in [0.2, 0.25) is 10.0 Å². The minimum Gasteiger partial charge on any atom is -0.336 e. The summed E-state index contributed by atoms with van der Waals surface area (Å²) in [6.45, 7) is 5.91. The Balaban J connectivity index is 1.50. The van der Waals surface area contributed by atoms with Crippen LogP contribution in [-0.2, 0) is 17.8 Å². The molecule has 2 aromatic carbocycles. The zero-order chi connectivity index (χ0) is 23.4. The monoisotopic (exact) mass is 490 g/mol. The van der Waals surface area contributed by atoms with Crippen LogP contribution in [0.1, 0.15) is 24.0 Å². The van der Waals surface area contributed by atoms with Gasteiger partial charge >= 0.3 is 0 Å². The SMILES string of the molecule is O=C(Cc1cc(Cl)c(Cl)cc1[N+](=O)[O-])N1CCN(Cc2ccccc2)C[C@H]1CN1CCCC1. The molecule has 4 rings (SSSR count). The lowest BCUT2D eigenvalue weighted by Crippen LogP contribution is -2.58. The Kier molecular flexibility index (Phi) is 7.86. The lowest BCUT2D eigenvalue weighted by Gasteiger charge is -2.43. The highest BCUT2D eigenvalue weighted by atomic mass is 35.5. The van der Waals surface area contributed by atoms with E-state index in [1.54, 1.807) is 0 Å². The quantitative estimate of drug-likeness (QED) is 0.428. The average Bonchev–Trinajstić information content (AvgIpc) is 3.30. The molecule has 0 aliphatic carbocycles. The molecule has 0 saturated carbocycles. The Morgan fingerprint density at radius 1 is 1.00 bits per heavy atom. The van der Waals surface area contributed by atoms with Crippen molar-refractivity contribution < 1.29 is 9.72 Å². The van der Waals surface area contributed by atoms with Gasteiger partial charge in [0, 0.05) is 44.4 Å². The Morgan fingerprint density at radius 2 is 1.70 bits per heavy atom. The van der Waals surface area contributed by atoms with E-state index in [0.717, 1.165) is 39.3 Å². The summed E-state index contributed by atoms with van der Waals surface area (Å²) in [5.41, 5.74) is 1.38. The number of amides is 1. The van der Waals surface area contributed by atoms with Crippen LogP contribution in [-0.4, -0.2) is 70.8 Å². The first-order valence-electron chi connectivity index (χ1n) is 11.3. The van der Waals surface area contributed by atoms with Gasteiger partial charge in [0.1, 0.15) is 0 Å². The molecule has 2 saturated heterocycles. The third-order valence-electron chi connectivity index (χ3n) is 6.46. The standard InChI is InChI=1S/C24H28Cl2N4O3/c25-21-12-19(23(30(32)33)14-22(21)26)13-24(31)29-11-10-28(15-18-6-2-1-3-7-18)17-20(29)16-27-8-4-5-9-27/h1-3,6-7,12,14,20H,4-5,8-11,13,15-17H2/t20-/m1/s1. The Hall–Kier alpha value is -2.19. The molecule has 1 atom stereocenters. The van der Waals surface area contributed by atoms with Gasteiger partial charge in [-0.15, -0.1) is 0 Å². The number of likely N-dealkylation sites (tertiary alicyclic amines) is 1. The van der Waals surface area contributed by atoms with Crippen molar-refractivity contribution in [3.8, 4) is 0 Å². The summed E-state index contributed by atoms with van der Waals surface area (Å²) in [5.74, 6) is -0.111. The molecule has 0 spiro atoms. The second-order valence-electron chi connectivity index (χ2n) is 8.80. The maximum atomic E-state index is 13.4. The summed E-state index contributed by atoms with van der Waals surface area (Å²) in [7, 11) is 0. The van der Waals surface area contributed by atoms with Crippen LogP contribution in [0.3, 0.4) is 0 Å². The predicted molar refractivity (Wildman–Crippen MR) is 130 cm³/mol. The molecule has 176 valence electrons. The largest absolute Gasteiger partial charge is 0.336 e. The van der Waals surface area contributed by atoms with Crippen molar-refractivity contribution in [1.29, 1.82) is 0 Å². The van der Waals surface area contributed by atoms with Crippen LogP contribution >= 0.6 is 23.2 Å². The van der Waals surface area contributed by atoms with Crippen molar-refractivity contribution >= 4 is 34.8 Å². The van der Waals surface area contributed by atoms with Crippen molar-refractivity contribution in [3.63, 3.8) is 0 Å². The highest BCUT2D eigenvalue weighted by Crippen LogP contribution is 2.31. The number of benzene rings is 2. The smallest absolute Gasteiger partial charge is 0.274 e. The van der Waals surface area contributed by atoms with Crippen molar-refractivity contribution in [2.24, 2.45) is 0 Å². The molecule has 0 bridgehead atoms. The number of carbonyl (C=O) groups is 1. The van der Waals surface area contributed by atoms with Gasteiger partial charge in [-0.05, 0) is 37.6 Å². The maximum absolute atomic E-state index is 13.4. The van der Waals surface area contributed by atoms with Crippen molar-refractivity contribution in [2.75, 3.05) is 39.3 Å². The van der Waals surface area contributed by atoms with Gasteiger partial charge in [-0.3, -0.25) is 19.8 Å². The van der Waals surface area contributed by atoms with Crippen LogP contribution < -0.4 is 0 Å². The fourth-order valence-electron chi connectivity index (χ4n) is 4.81. The van der Waals surface area contributed by atoms with E-state index in [1.807, 2.05) is 23.1 Å². The van der Waals surface area contributed by atoms with Gasteiger partial charge in [0.25, 0.3) is 5.69 Å². The predicted octanol–water partition coefficient (Wildman–Crippen LogP) is 4.25. The Labute approximate surface area is 204 Å². The van der Waals surface area contributed by atoms with E-state index in [2.05, 4.69) is 21.9 Å². The fourth-order valence-corrected chi connectivity index (χ4v) is 5.15. The van der Waals surface area contributed by atoms with Crippen LogP contribution in [0, 0.1) is 10.1 Å². The van der Waals surface area contributed by atoms with Crippen LogP contribution in [0.4, 0.5) is 5.69 Å². The van der Waals surface area contributed by atoms with Crippen LogP contribution in [0.15, 0.2) is 42.5 Å². The molecule has 2 aromatic rings. The van der Waals surface area contributed by atoms with Gasteiger partial charge in [0.05, 0.1) is 27.4 Å². The molecular weight excluding hydrogens is 463 g/mol. The molecule has 2 heterocycles. The van der Waals surface area contributed by atoms with Gasteiger partial charge in [-0.25, -0.2) is 0 Å². The number of nitro benzene ring substituents is 1. The molecule has 9 heteroatoms. The van der Waals surface area contributed by atoms with E-state index < -0.39 is 4.92 Å². The third kappa shape index (κ3) is 6.03. The first-order chi connectivity index (χ1) is 15.9. The molecule has 2 aliphatic heterocycles. The molecule has 0 radical (unpaired) electrons. The molecule has 2 fully saturated rings. The summed E-state index contributed by atoms with van der Waals surface area (Å²) in [4.78, 5) is 31.1. The molecule has 1 amide bonds. The molecule has 0 N–H and O–H groups in total. The van der Waals surface area contributed by atoms with E-state index in [4.69, 9.17) is 23.2 Å². The summed E-state index contributed by atoms with van der Waals surface area (Å²) in [6, 6.07) is 13.1. The molecule has 7 nitrogen and oxygen atoms in total. The molecule has 0 unspecified atom stereocenters. The second-order valence-corrected chi connectivity index (χ2v) is 9.61. The number of halogens is 2. The average molecular weight is 491 g/mol. The van der Waals surface area contributed by atoms with E-state index in [1.165, 1.54) is 30.5 Å².